The molecule has 1 amide bonds. The molecule has 1 aliphatic rings. The number of hydrogen-bond acceptors (Lipinski definition) is 5. The van der Waals surface area contributed by atoms with Crippen molar-refractivity contribution in [2.24, 2.45) is 5.92 Å². The number of likely N-dealkylation sites (tertiary alicyclic amines) is 1. The number of amides is 1. The minimum Gasteiger partial charge on any atom is -0.376 e. The lowest BCUT2D eigenvalue weighted by Gasteiger charge is -2.32. The summed E-state index contributed by atoms with van der Waals surface area (Å²) in [5.74, 6) is -0.0164. The highest BCUT2D eigenvalue weighted by molar-refractivity contribution is 7.89. The van der Waals surface area contributed by atoms with Gasteiger partial charge in [-0.25, -0.2) is 13.1 Å². The number of rotatable bonds is 8. The van der Waals surface area contributed by atoms with E-state index in [1.54, 1.807) is 29.2 Å². The molecule has 0 saturated carbocycles. The molecule has 1 unspecified atom stereocenters. The summed E-state index contributed by atoms with van der Waals surface area (Å²) < 4.78 is 33.0. The van der Waals surface area contributed by atoms with Gasteiger partial charge in [0, 0.05) is 13.1 Å². The van der Waals surface area contributed by atoms with Crippen LogP contribution in [0.3, 0.4) is 0 Å². The van der Waals surface area contributed by atoms with Crippen molar-refractivity contribution in [3.63, 3.8) is 0 Å². The Balaban J connectivity index is 1.45. The van der Waals surface area contributed by atoms with Crippen LogP contribution in [0.4, 0.5) is 0 Å². The Morgan fingerprint density at radius 3 is 2.58 bits per heavy atom. The predicted molar refractivity (Wildman–Crippen MR) is 116 cm³/mol. The lowest BCUT2D eigenvalue weighted by Crippen LogP contribution is -2.45. The van der Waals surface area contributed by atoms with Crippen molar-refractivity contribution in [3.8, 4) is 6.07 Å². The normalized spacial score (nSPS) is 16.6. The largest absolute Gasteiger partial charge is 0.376 e. The van der Waals surface area contributed by atoms with Crippen LogP contribution in [-0.2, 0) is 26.2 Å². The number of nitrogens with zero attached hydrogens (tertiary/aromatic N) is 2. The number of carbonyl (C=O) groups excluding carboxylic acids is 1. The third-order valence-corrected chi connectivity index (χ3v) is 6.74. The monoisotopic (exact) mass is 441 g/mol. The molecule has 2 aromatic rings. The van der Waals surface area contributed by atoms with Gasteiger partial charge in [0.1, 0.15) is 0 Å². The van der Waals surface area contributed by atoms with Gasteiger partial charge in [0.2, 0.25) is 15.9 Å². The smallest absolute Gasteiger partial charge is 0.241 e. The fourth-order valence-electron chi connectivity index (χ4n) is 3.52. The molecule has 1 heterocycles. The Kier molecular flexibility index (Phi) is 7.80. The van der Waals surface area contributed by atoms with E-state index in [1.807, 2.05) is 19.1 Å². The number of piperidine rings is 1. The molecule has 0 aromatic heterocycles. The van der Waals surface area contributed by atoms with Crippen molar-refractivity contribution in [1.29, 1.82) is 5.26 Å². The predicted octanol–water partition coefficient (Wildman–Crippen LogP) is 2.60. The molecule has 31 heavy (non-hydrogen) atoms. The van der Waals surface area contributed by atoms with Gasteiger partial charge in [-0.15, -0.1) is 0 Å². The molecule has 1 N–H and O–H groups in total. The Labute approximate surface area is 183 Å². The third kappa shape index (κ3) is 6.62. The Morgan fingerprint density at radius 2 is 1.90 bits per heavy atom. The first-order chi connectivity index (χ1) is 14.9. The molecule has 1 aliphatic heterocycles. The average Bonchev–Trinajstić information content (AvgIpc) is 2.78. The van der Waals surface area contributed by atoms with Crippen LogP contribution < -0.4 is 4.72 Å². The van der Waals surface area contributed by atoms with Gasteiger partial charge in [-0.2, -0.15) is 5.26 Å². The fourth-order valence-corrected chi connectivity index (χ4v) is 4.49. The van der Waals surface area contributed by atoms with Crippen LogP contribution in [0.15, 0.2) is 53.4 Å². The van der Waals surface area contributed by atoms with E-state index in [0.29, 0.717) is 31.9 Å². The van der Waals surface area contributed by atoms with Crippen LogP contribution >= 0.6 is 0 Å². The fraction of sp³-hybridized carbons (Fsp3) is 0.391. The quantitative estimate of drug-likeness (QED) is 0.679. The first kappa shape index (κ1) is 22.9. The van der Waals surface area contributed by atoms with Gasteiger partial charge >= 0.3 is 0 Å². The molecule has 2 aromatic carbocycles. The number of hydrogen-bond donors (Lipinski definition) is 1. The minimum absolute atomic E-state index is 0.152. The molecular weight excluding hydrogens is 414 g/mol. The van der Waals surface area contributed by atoms with Gasteiger partial charge in [-0.05, 0) is 55.5 Å². The number of ether oxygens (including phenoxy) is 1. The van der Waals surface area contributed by atoms with Gasteiger partial charge in [-0.3, -0.25) is 4.79 Å². The highest BCUT2D eigenvalue weighted by atomic mass is 32.2. The SMILES string of the molecule is Cc1ccc(S(=O)(=O)NCC(=O)N2CCCC(COCc3ccc(C#N)cc3)C2)cc1. The van der Waals surface area contributed by atoms with Crippen LogP contribution in [0.25, 0.3) is 0 Å². The molecule has 1 atom stereocenters. The summed E-state index contributed by atoms with van der Waals surface area (Å²) in [4.78, 5) is 14.4. The molecule has 7 nitrogen and oxygen atoms in total. The van der Waals surface area contributed by atoms with Gasteiger partial charge in [0.25, 0.3) is 0 Å². The topological polar surface area (TPSA) is 99.5 Å². The van der Waals surface area contributed by atoms with Gasteiger partial charge in [0.15, 0.2) is 0 Å². The highest BCUT2D eigenvalue weighted by Crippen LogP contribution is 2.18. The Bertz CT molecular complexity index is 1030. The Hall–Kier alpha value is -2.73. The summed E-state index contributed by atoms with van der Waals surface area (Å²) in [6, 6.07) is 15.9. The van der Waals surface area contributed by atoms with Gasteiger partial charge in [-0.1, -0.05) is 29.8 Å². The van der Waals surface area contributed by atoms with E-state index >= 15 is 0 Å². The average molecular weight is 442 g/mol. The maximum atomic E-state index is 12.6. The molecule has 164 valence electrons. The van der Waals surface area contributed by atoms with E-state index in [0.717, 1.165) is 24.0 Å². The van der Waals surface area contributed by atoms with Crippen LogP contribution in [-0.4, -0.2) is 45.5 Å². The molecule has 0 spiro atoms. The zero-order chi connectivity index (χ0) is 22.3. The number of nitrogens with one attached hydrogen (secondary N) is 1. The van der Waals surface area contributed by atoms with Gasteiger partial charge < -0.3 is 9.64 Å². The maximum Gasteiger partial charge on any atom is 0.241 e. The summed E-state index contributed by atoms with van der Waals surface area (Å²) in [7, 11) is -3.72. The van der Waals surface area contributed by atoms with Crippen LogP contribution in [0, 0.1) is 24.2 Å². The van der Waals surface area contributed by atoms with E-state index in [1.165, 1.54) is 12.1 Å². The summed E-state index contributed by atoms with van der Waals surface area (Å²) in [6.07, 6.45) is 1.83. The van der Waals surface area contributed by atoms with E-state index in [4.69, 9.17) is 10.00 Å². The second-order valence-corrected chi connectivity index (χ2v) is 9.58. The van der Waals surface area contributed by atoms with Crippen molar-refractivity contribution in [2.75, 3.05) is 26.2 Å². The second kappa shape index (κ2) is 10.5. The number of benzene rings is 2. The molecule has 1 saturated heterocycles. The maximum absolute atomic E-state index is 12.6. The first-order valence-electron chi connectivity index (χ1n) is 10.3. The molecule has 0 radical (unpaired) electrons. The molecule has 1 fully saturated rings. The lowest BCUT2D eigenvalue weighted by atomic mass is 9.99. The Morgan fingerprint density at radius 1 is 1.19 bits per heavy atom. The molecular formula is C23H27N3O4S. The van der Waals surface area contributed by atoms with Crippen molar-refractivity contribution in [3.05, 3.63) is 65.2 Å². The number of aryl methyl sites for hydroxylation is 1. The van der Waals surface area contributed by atoms with Crippen LogP contribution in [0.5, 0.6) is 0 Å². The summed E-state index contributed by atoms with van der Waals surface area (Å²) >= 11 is 0. The van der Waals surface area contributed by atoms with Crippen molar-refractivity contribution in [1.82, 2.24) is 9.62 Å². The van der Waals surface area contributed by atoms with E-state index in [-0.39, 0.29) is 23.3 Å². The standard InChI is InChI=1S/C23H27N3O4S/c1-18-4-10-22(11-5-18)31(28,29)25-14-23(27)26-12-2-3-21(15-26)17-30-16-20-8-6-19(13-24)7-9-20/h4-11,21,25H,2-3,12,14-17H2,1H3. The molecule has 3 rings (SSSR count). The number of carbonyl (C=O) groups is 1. The zero-order valence-electron chi connectivity index (χ0n) is 17.6. The van der Waals surface area contributed by atoms with Crippen LogP contribution in [0.1, 0.15) is 29.5 Å². The number of sulfonamides is 1. The van der Waals surface area contributed by atoms with E-state index in [9.17, 15) is 13.2 Å². The zero-order valence-corrected chi connectivity index (χ0v) is 18.4. The summed E-state index contributed by atoms with van der Waals surface area (Å²) in [5.41, 5.74) is 2.58. The lowest BCUT2D eigenvalue weighted by molar-refractivity contribution is -0.132. The van der Waals surface area contributed by atoms with Crippen molar-refractivity contribution >= 4 is 15.9 Å². The third-order valence-electron chi connectivity index (χ3n) is 5.32. The second-order valence-electron chi connectivity index (χ2n) is 7.81. The summed E-state index contributed by atoms with van der Waals surface area (Å²) in [5, 5.41) is 8.84. The van der Waals surface area contributed by atoms with Crippen molar-refractivity contribution in [2.45, 2.75) is 31.3 Å². The van der Waals surface area contributed by atoms with Gasteiger partial charge in [0.05, 0.1) is 36.3 Å². The molecule has 8 heteroatoms. The molecule has 0 aliphatic carbocycles. The highest BCUT2D eigenvalue weighted by Gasteiger charge is 2.25. The first-order valence-corrected chi connectivity index (χ1v) is 11.8. The van der Waals surface area contributed by atoms with Crippen molar-refractivity contribution < 1.29 is 17.9 Å². The van der Waals surface area contributed by atoms with E-state index < -0.39 is 10.0 Å². The van der Waals surface area contributed by atoms with E-state index in [2.05, 4.69) is 10.8 Å². The molecule has 0 bridgehead atoms. The van der Waals surface area contributed by atoms with Crippen LogP contribution in [0.2, 0.25) is 0 Å². The minimum atomic E-state index is -3.72. The number of nitriles is 1. The summed E-state index contributed by atoms with van der Waals surface area (Å²) in [6.45, 7) is 3.78.